The van der Waals surface area contributed by atoms with Crippen LogP contribution in [0.1, 0.15) is 40.2 Å². The van der Waals surface area contributed by atoms with Gasteiger partial charge in [0, 0.05) is 19.3 Å². The molecule has 1 aromatic carbocycles. The second kappa shape index (κ2) is 8.44. The SMILES string of the molecule is Cc1ccc(OCCN2CCCC2)c(NC(=O)c2cc(C)nc3c2c(C)nn3C)c1. The third kappa shape index (κ3) is 4.16. The van der Waals surface area contributed by atoms with Crippen molar-refractivity contribution in [1.82, 2.24) is 19.7 Å². The van der Waals surface area contributed by atoms with Crippen LogP contribution >= 0.6 is 0 Å². The lowest BCUT2D eigenvalue weighted by atomic mass is 10.1. The fraction of sp³-hybridized carbons (Fsp3) is 0.435. The maximum atomic E-state index is 13.2. The summed E-state index contributed by atoms with van der Waals surface area (Å²) in [6.45, 7) is 9.58. The molecule has 1 aliphatic rings. The number of nitrogens with one attached hydrogen (secondary N) is 1. The molecule has 7 heteroatoms. The Morgan fingerprint density at radius 1 is 1.17 bits per heavy atom. The second-order valence-electron chi connectivity index (χ2n) is 8.07. The van der Waals surface area contributed by atoms with Crippen LogP contribution in [0.15, 0.2) is 24.3 Å². The highest BCUT2D eigenvalue weighted by Gasteiger charge is 2.19. The Bertz CT molecular complexity index is 1080. The molecule has 1 amide bonds. The van der Waals surface area contributed by atoms with E-state index < -0.39 is 0 Å². The highest BCUT2D eigenvalue weighted by Crippen LogP contribution is 2.28. The third-order valence-electron chi connectivity index (χ3n) is 5.59. The van der Waals surface area contributed by atoms with Crippen LogP contribution in [0.2, 0.25) is 0 Å². The van der Waals surface area contributed by atoms with Gasteiger partial charge in [-0.2, -0.15) is 5.10 Å². The average Bonchev–Trinajstić information content (AvgIpc) is 3.31. The lowest BCUT2D eigenvalue weighted by Gasteiger charge is -2.17. The lowest BCUT2D eigenvalue weighted by Crippen LogP contribution is -2.25. The summed E-state index contributed by atoms with van der Waals surface area (Å²) in [5.74, 6) is 0.509. The van der Waals surface area contributed by atoms with Gasteiger partial charge < -0.3 is 10.1 Å². The number of aromatic nitrogens is 3. The molecule has 3 aromatic rings. The van der Waals surface area contributed by atoms with Crippen LogP contribution in [0.3, 0.4) is 0 Å². The van der Waals surface area contributed by atoms with Crippen molar-refractivity contribution in [1.29, 1.82) is 0 Å². The monoisotopic (exact) mass is 407 g/mol. The Balaban J connectivity index is 1.57. The molecule has 30 heavy (non-hydrogen) atoms. The first-order chi connectivity index (χ1) is 14.4. The van der Waals surface area contributed by atoms with Crippen LogP contribution in [-0.4, -0.2) is 51.8 Å². The van der Waals surface area contributed by atoms with Crippen LogP contribution in [-0.2, 0) is 7.05 Å². The fourth-order valence-corrected chi connectivity index (χ4v) is 4.10. The number of hydrogen-bond acceptors (Lipinski definition) is 5. The van der Waals surface area contributed by atoms with E-state index >= 15 is 0 Å². The predicted molar refractivity (Wildman–Crippen MR) is 118 cm³/mol. The van der Waals surface area contributed by atoms with E-state index in [9.17, 15) is 4.79 Å². The fourth-order valence-electron chi connectivity index (χ4n) is 4.10. The van der Waals surface area contributed by atoms with E-state index in [1.54, 1.807) is 4.68 Å². The van der Waals surface area contributed by atoms with Gasteiger partial charge in [-0.15, -0.1) is 0 Å². The quantitative estimate of drug-likeness (QED) is 0.676. The molecule has 2 aromatic heterocycles. The molecule has 1 fully saturated rings. The summed E-state index contributed by atoms with van der Waals surface area (Å²) in [5.41, 5.74) is 4.60. The molecular weight excluding hydrogens is 378 g/mol. The third-order valence-corrected chi connectivity index (χ3v) is 5.59. The topological polar surface area (TPSA) is 72.3 Å². The number of nitrogens with zero attached hydrogens (tertiary/aromatic N) is 4. The molecule has 0 saturated carbocycles. The second-order valence-corrected chi connectivity index (χ2v) is 8.07. The first-order valence-corrected chi connectivity index (χ1v) is 10.5. The summed E-state index contributed by atoms with van der Waals surface area (Å²) >= 11 is 0. The van der Waals surface area contributed by atoms with Gasteiger partial charge in [0.2, 0.25) is 0 Å². The maximum Gasteiger partial charge on any atom is 0.256 e. The molecule has 1 saturated heterocycles. The molecule has 1 aliphatic heterocycles. The van der Waals surface area contributed by atoms with Gasteiger partial charge in [-0.1, -0.05) is 6.07 Å². The van der Waals surface area contributed by atoms with Crippen molar-refractivity contribution in [3.63, 3.8) is 0 Å². The van der Waals surface area contributed by atoms with Gasteiger partial charge in [0.25, 0.3) is 5.91 Å². The molecule has 4 rings (SSSR count). The normalized spacial score (nSPS) is 14.4. The number of aryl methyl sites for hydroxylation is 4. The zero-order valence-corrected chi connectivity index (χ0v) is 18.2. The van der Waals surface area contributed by atoms with Gasteiger partial charge in [-0.05, 0) is 70.5 Å². The minimum atomic E-state index is -0.184. The number of carbonyl (C=O) groups excluding carboxylic acids is 1. The van der Waals surface area contributed by atoms with Gasteiger partial charge in [0.15, 0.2) is 5.65 Å². The number of fused-ring (bicyclic) bond motifs is 1. The molecule has 0 unspecified atom stereocenters. The van der Waals surface area contributed by atoms with Crippen LogP contribution in [0.25, 0.3) is 11.0 Å². The number of carbonyl (C=O) groups is 1. The summed E-state index contributed by atoms with van der Waals surface area (Å²) in [7, 11) is 1.84. The molecule has 7 nitrogen and oxygen atoms in total. The van der Waals surface area contributed by atoms with Gasteiger partial charge in [-0.25, -0.2) is 4.98 Å². The summed E-state index contributed by atoms with van der Waals surface area (Å²) in [6.07, 6.45) is 2.53. The molecule has 0 spiro atoms. The Labute approximate surface area is 177 Å². The molecule has 0 atom stereocenters. The highest BCUT2D eigenvalue weighted by molar-refractivity contribution is 6.13. The number of amides is 1. The van der Waals surface area contributed by atoms with Crippen molar-refractivity contribution in [2.75, 3.05) is 31.6 Å². The van der Waals surface area contributed by atoms with E-state index in [1.807, 2.05) is 52.1 Å². The predicted octanol–water partition coefficient (Wildman–Crippen LogP) is 3.62. The van der Waals surface area contributed by atoms with Crippen molar-refractivity contribution in [2.45, 2.75) is 33.6 Å². The Morgan fingerprint density at radius 3 is 2.70 bits per heavy atom. The molecule has 158 valence electrons. The van der Waals surface area contributed by atoms with E-state index in [1.165, 1.54) is 12.8 Å². The Kier molecular flexibility index (Phi) is 5.72. The van der Waals surface area contributed by atoms with Crippen LogP contribution in [0, 0.1) is 20.8 Å². The smallest absolute Gasteiger partial charge is 0.256 e. The summed E-state index contributed by atoms with van der Waals surface area (Å²) < 4.78 is 7.76. The van der Waals surface area contributed by atoms with Crippen LogP contribution in [0.5, 0.6) is 5.75 Å². The standard InChI is InChI=1S/C23H29N5O2/c1-15-7-8-20(30-12-11-28-9-5-6-10-28)19(13-15)25-23(29)18-14-16(2)24-22-21(18)17(3)26-27(22)4/h7-8,13-14H,5-6,9-12H2,1-4H3,(H,25,29). The van der Waals surface area contributed by atoms with Crippen molar-refractivity contribution in [3.8, 4) is 5.75 Å². The van der Waals surface area contributed by atoms with E-state index in [0.717, 1.165) is 42.0 Å². The summed E-state index contributed by atoms with van der Waals surface area (Å²) in [4.78, 5) is 20.2. The van der Waals surface area contributed by atoms with Crippen LogP contribution < -0.4 is 10.1 Å². The number of anilines is 1. The largest absolute Gasteiger partial charge is 0.490 e. The minimum absolute atomic E-state index is 0.184. The first-order valence-electron chi connectivity index (χ1n) is 10.5. The highest BCUT2D eigenvalue weighted by atomic mass is 16.5. The molecular formula is C23H29N5O2. The van der Waals surface area contributed by atoms with Gasteiger partial charge in [-0.3, -0.25) is 14.4 Å². The molecule has 1 N–H and O–H groups in total. The molecule has 3 heterocycles. The van der Waals surface area contributed by atoms with E-state index in [2.05, 4.69) is 20.3 Å². The molecule has 0 bridgehead atoms. The minimum Gasteiger partial charge on any atom is -0.490 e. The number of ether oxygens (including phenoxy) is 1. The van der Waals surface area contributed by atoms with Gasteiger partial charge in [0.1, 0.15) is 12.4 Å². The number of hydrogen-bond donors (Lipinski definition) is 1. The number of pyridine rings is 1. The number of rotatable bonds is 6. The average molecular weight is 408 g/mol. The Morgan fingerprint density at radius 2 is 1.93 bits per heavy atom. The zero-order valence-electron chi connectivity index (χ0n) is 18.2. The Hall–Kier alpha value is -2.93. The van der Waals surface area contributed by atoms with Crippen molar-refractivity contribution in [3.05, 3.63) is 46.8 Å². The van der Waals surface area contributed by atoms with Crippen molar-refractivity contribution < 1.29 is 9.53 Å². The van der Waals surface area contributed by atoms with E-state index in [-0.39, 0.29) is 5.91 Å². The van der Waals surface area contributed by atoms with Gasteiger partial charge in [0.05, 0.1) is 22.3 Å². The molecule has 0 aliphatic carbocycles. The van der Waals surface area contributed by atoms with Crippen molar-refractivity contribution in [2.24, 2.45) is 7.05 Å². The maximum absolute atomic E-state index is 13.2. The zero-order chi connectivity index (χ0) is 21.3. The lowest BCUT2D eigenvalue weighted by molar-refractivity contribution is 0.102. The van der Waals surface area contributed by atoms with Gasteiger partial charge >= 0.3 is 0 Å². The summed E-state index contributed by atoms with van der Waals surface area (Å²) in [5, 5.41) is 8.28. The van der Waals surface area contributed by atoms with Crippen molar-refractivity contribution >= 4 is 22.6 Å². The number of benzene rings is 1. The number of likely N-dealkylation sites (tertiary alicyclic amines) is 1. The van der Waals surface area contributed by atoms with Crippen LogP contribution in [0.4, 0.5) is 5.69 Å². The van der Waals surface area contributed by atoms with E-state index in [4.69, 9.17) is 4.74 Å². The molecule has 0 radical (unpaired) electrons. The summed E-state index contributed by atoms with van der Waals surface area (Å²) in [6, 6.07) is 7.69. The van der Waals surface area contributed by atoms with E-state index in [0.29, 0.717) is 29.3 Å². The first kappa shape index (κ1) is 20.3.